The fourth-order valence-electron chi connectivity index (χ4n) is 5.65. The topological polar surface area (TPSA) is 80.3 Å². The maximum atomic E-state index is 13.7. The Labute approximate surface area is 228 Å². The minimum atomic E-state index is 0.0286. The summed E-state index contributed by atoms with van der Waals surface area (Å²) < 4.78 is 16.8. The van der Waals surface area contributed by atoms with Gasteiger partial charge in [-0.2, -0.15) is 0 Å². The third-order valence-corrected chi connectivity index (χ3v) is 8.15. The molecule has 3 atom stereocenters. The van der Waals surface area contributed by atoms with E-state index in [1.165, 1.54) is 0 Å². The van der Waals surface area contributed by atoms with Crippen molar-refractivity contribution in [3.05, 3.63) is 29.3 Å². The van der Waals surface area contributed by atoms with Crippen LogP contribution in [0, 0.1) is 18.8 Å². The first-order valence-electron chi connectivity index (χ1n) is 14.5. The Balaban J connectivity index is 1.39. The van der Waals surface area contributed by atoms with Crippen LogP contribution in [0.25, 0.3) is 0 Å². The van der Waals surface area contributed by atoms with Gasteiger partial charge in [0.25, 0.3) is 5.91 Å². The van der Waals surface area contributed by atoms with E-state index >= 15 is 0 Å². The molecule has 8 heteroatoms. The zero-order valence-corrected chi connectivity index (χ0v) is 23.7. The molecular formula is C30H47N3O5. The molecule has 212 valence electrons. The number of rotatable bonds is 14. The molecule has 3 fully saturated rings. The molecule has 0 unspecified atom stereocenters. The molecule has 2 saturated heterocycles. The van der Waals surface area contributed by atoms with Crippen molar-refractivity contribution >= 4 is 11.8 Å². The summed E-state index contributed by atoms with van der Waals surface area (Å²) >= 11 is 0. The van der Waals surface area contributed by atoms with Gasteiger partial charge in [-0.05, 0) is 76.0 Å². The van der Waals surface area contributed by atoms with Gasteiger partial charge in [0.05, 0.1) is 19.1 Å². The van der Waals surface area contributed by atoms with E-state index in [9.17, 15) is 9.59 Å². The van der Waals surface area contributed by atoms with Crippen molar-refractivity contribution in [2.24, 2.45) is 11.8 Å². The zero-order valence-electron chi connectivity index (χ0n) is 23.7. The largest absolute Gasteiger partial charge is 0.493 e. The minimum absolute atomic E-state index is 0.0286. The van der Waals surface area contributed by atoms with Crippen molar-refractivity contribution in [2.45, 2.75) is 77.5 Å². The lowest BCUT2D eigenvalue weighted by molar-refractivity contribution is -0.134. The smallest absolute Gasteiger partial charge is 0.254 e. The number of ether oxygens (including phenoxy) is 3. The third-order valence-electron chi connectivity index (χ3n) is 8.15. The molecule has 0 radical (unpaired) electrons. The monoisotopic (exact) mass is 529 g/mol. The Morgan fingerprint density at radius 2 is 1.87 bits per heavy atom. The van der Waals surface area contributed by atoms with Crippen molar-refractivity contribution in [3.8, 4) is 5.75 Å². The predicted molar refractivity (Wildman–Crippen MR) is 148 cm³/mol. The molecule has 1 aromatic carbocycles. The summed E-state index contributed by atoms with van der Waals surface area (Å²) in [6.07, 6.45) is 5.63. The summed E-state index contributed by atoms with van der Waals surface area (Å²) in [6, 6.07) is 6.19. The Morgan fingerprint density at radius 3 is 2.53 bits per heavy atom. The van der Waals surface area contributed by atoms with Crippen molar-refractivity contribution in [1.82, 2.24) is 15.1 Å². The van der Waals surface area contributed by atoms with E-state index < -0.39 is 0 Å². The number of benzene rings is 1. The van der Waals surface area contributed by atoms with Gasteiger partial charge in [0.2, 0.25) is 5.91 Å². The van der Waals surface area contributed by atoms with Crippen LogP contribution in [0.2, 0.25) is 0 Å². The summed E-state index contributed by atoms with van der Waals surface area (Å²) in [5.74, 6) is 1.64. The highest BCUT2D eigenvalue weighted by molar-refractivity contribution is 5.95. The van der Waals surface area contributed by atoms with E-state index in [-0.39, 0.29) is 24.0 Å². The average molecular weight is 530 g/mol. The second-order valence-corrected chi connectivity index (χ2v) is 11.5. The van der Waals surface area contributed by atoms with E-state index in [1.54, 1.807) is 7.11 Å². The third kappa shape index (κ3) is 7.70. The minimum Gasteiger partial charge on any atom is -0.493 e. The van der Waals surface area contributed by atoms with Crippen LogP contribution in [0.15, 0.2) is 18.2 Å². The summed E-state index contributed by atoms with van der Waals surface area (Å²) in [5.41, 5.74) is 1.67. The maximum absolute atomic E-state index is 13.7. The lowest BCUT2D eigenvalue weighted by Crippen LogP contribution is -2.45. The van der Waals surface area contributed by atoms with Gasteiger partial charge in [-0.25, -0.2) is 0 Å². The predicted octanol–water partition coefficient (Wildman–Crippen LogP) is 3.66. The first-order chi connectivity index (χ1) is 18.4. The number of hydrogen-bond acceptors (Lipinski definition) is 6. The molecule has 0 bridgehead atoms. The first-order valence-corrected chi connectivity index (χ1v) is 14.5. The standard InChI is InChI=1S/C30H47N3O5/c1-21(2)32(30(35)23-9-8-22(3)28(15-23)38-14-6-12-36-4)19-24-17-31-18-25(24)20-33(26-10-11-26)29(34)16-27-7-5-13-37-27/h8-9,15,21,24-27,31H,5-7,10-14,16-20H2,1-4H3/t24-,25-,27+/m0/s1. The Kier molecular flexibility index (Phi) is 10.4. The highest BCUT2D eigenvalue weighted by Gasteiger charge is 2.39. The molecule has 2 aliphatic heterocycles. The van der Waals surface area contributed by atoms with E-state index in [2.05, 4.69) is 24.1 Å². The van der Waals surface area contributed by atoms with Crippen LogP contribution in [-0.4, -0.2) is 92.9 Å². The van der Waals surface area contributed by atoms with Gasteiger partial charge in [0.15, 0.2) is 0 Å². The number of carbonyl (C=O) groups excluding carboxylic acids is 2. The quantitative estimate of drug-likeness (QED) is 0.371. The van der Waals surface area contributed by atoms with Crippen molar-refractivity contribution in [3.63, 3.8) is 0 Å². The number of nitrogens with zero attached hydrogens (tertiary/aromatic N) is 2. The van der Waals surface area contributed by atoms with Crippen LogP contribution >= 0.6 is 0 Å². The van der Waals surface area contributed by atoms with Crippen molar-refractivity contribution < 1.29 is 23.8 Å². The maximum Gasteiger partial charge on any atom is 0.254 e. The van der Waals surface area contributed by atoms with Crippen LogP contribution in [0.4, 0.5) is 0 Å². The molecule has 8 nitrogen and oxygen atoms in total. The number of carbonyl (C=O) groups is 2. The van der Waals surface area contributed by atoms with Crippen LogP contribution in [0.5, 0.6) is 5.75 Å². The van der Waals surface area contributed by atoms with Crippen LogP contribution < -0.4 is 10.1 Å². The number of aryl methyl sites for hydroxylation is 1. The molecule has 1 aromatic rings. The number of nitrogens with one attached hydrogen (secondary N) is 1. The van der Waals surface area contributed by atoms with Gasteiger partial charge in [-0.15, -0.1) is 0 Å². The lowest BCUT2D eigenvalue weighted by Gasteiger charge is -2.34. The molecule has 2 heterocycles. The molecule has 0 aromatic heterocycles. The van der Waals surface area contributed by atoms with Gasteiger partial charge in [0.1, 0.15) is 5.75 Å². The van der Waals surface area contributed by atoms with Crippen LogP contribution in [0.1, 0.15) is 68.3 Å². The highest BCUT2D eigenvalue weighted by atomic mass is 16.5. The Morgan fingerprint density at radius 1 is 1.11 bits per heavy atom. The van der Waals surface area contributed by atoms with E-state index in [4.69, 9.17) is 14.2 Å². The van der Waals surface area contributed by atoms with Crippen molar-refractivity contribution in [1.29, 1.82) is 0 Å². The fraction of sp³-hybridized carbons (Fsp3) is 0.733. The second-order valence-electron chi connectivity index (χ2n) is 11.5. The zero-order chi connectivity index (χ0) is 27.1. The van der Waals surface area contributed by atoms with Gasteiger partial charge in [-0.1, -0.05) is 6.07 Å². The molecular weight excluding hydrogens is 482 g/mol. The van der Waals surface area contributed by atoms with Crippen molar-refractivity contribution in [2.75, 3.05) is 53.1 Å². The normalized spacial score (nSPS) is 23.1. The van der Waals surface area contributed by atoms with Crippen LogP contribution in [0.3, 0.4) is 0 Å². The average Bonchev–Trinajstić information content (AvgIpc) is 3.42. The van der Waals surface area contributed by atoms with Gasteiger partial charge < -0.3 is 29.3 Å². The molecule has 0 spiro atoms. The molecule has 4 rings (SSSR count). The summed E-state index contributed by atoms with van der Waals surface area (Å²) in [5, 5.41) is 3.54. The lowest BCUT2D eigenvalue weighted by atomic mass is 9.93. The van der Waals surface area contributed by atoms with Gasteiger partial charge in [0, 0.05) is 70.6 Å². The molecule has 38 heavy (non-hydrogen) atoms. The summed E-state index contributed by atoms with van der Waals surface area (Å²) in [4.78, 5) is 31.0. The summed E-state index contributed by atoms with van der Waals surface area (Å²) in [6.45, 7) is 11.3. The van der Waals surface area contributed by atoms with Crippen LogP contribution in [-0.2, 0) is 14.3 Å². The van der Waals surface area contributed by atoms with Gasteiger partial charge in [-0.3, -0.25) is 9.59 Å². The first kappa shape index (κ1) is 28.8. The fourth-order valence-corrected chi connectivity index (χ4v) is 5.65. The molecule has 2 amide bonds. The molecule has 1 N–H and O–H groups in total. The number of methoxy groups -OCH3 is 1. The van der Waals surface area contributed by atoms with E-state index in [0.29, 0.717) is 49.6 Å². The Hall–Kier alpha value is -2.16. The molecule has 1 saturated carbocycles. The molecule has 1 aliphatic carbocycles. The number of hydrogen-bond donors (Lipinski definition) is 1. The van der Waals surface area contributed by atoms with E-state index in [1.807, 2.05) is 30.0 Å². The summed E-state index contributed by atoms with van der Waals surface area (Å²) in [7, 11) is 1.68. The number of amides is 2. The molecule has 3 aliphatic rings. The SMILES string of the molecule is COCCCOc1cc(C(=O)N(C[C@@H]2CNC[C@H]2CN(C(=O)C[C@H]2CCCO2)C2CC2)C(C)C)ccc1C. The highest BCUT2D eigenvalue weighted by Crippen LogP contribution is 2.32. The van der Waals surface area contributed by atoms with E-state index in [0.717, 1.165) is 69.7 Å². The Bertz CT molecular complexity index is 928. The van der Waals surface area contributed by atoms with Gasteiger partial charge >= 0.3 is 0 Å². The second kappa shape index (κ2) is 13.8.